The van der Waals surface area contributed by atoms with E-state index >= 15 is 0 Å². The van der Waals surface area contributed by atoms with Crippen LogP contribution in [0.1, 0.15) is 41.4 Å². The van der Waals surface area contributed by atoms with Gasteiger partial charge in [-0.1, -0.05) is 6.07 Å². The summed E-state index contributed by atoms with van der Waals surface area (Å²) in [4.78, 5) is 19.6. The van der Waals surface area contributed by atoms with Gasteiger partial charge in [-0.05, 0) is 54.8 Å². The van der Waals surface area contributed by atoms with Crippen molar-refractivity contribution in [1.82, 2.24) is 9.88 Å². The Morgan fingerprint density at radius 3 is 2.70 bits per heavy atom. The number of ether oxygens (including phenoxy) is 2. The zero-order chi connectivity index (χ0) is 20.5. The van der Waals surface area contributed by atoms with E-state index in [4.69, 9.17) is 9.47 Å². The van der Waals surface area contributed by atoms with Crippen molar-refractivity contribution < 1.29 is 18.7 Å². The quantitative estimate of drug-likeness (QED) is 0.588. The molecule has 5 nitrogen and oxygen atoms in total. The molecule has 3 heterocycles. The molecule has 154 valence electrons. The van der Waals surface area contributed by atoms with Crippen LogP contribution in [0.15, 0.2) is 47.8 Å². The lowest BCUT2D eigenvalue weighted by atomic mass is 10.0. The largest absolute Gasteiger partial charge is 0.490 e. The zero-order valence-electron chi connectivity index (χ0n) is 16.3. The molecule has 0 unspecified atom stereocenters. The number of halogens is 1. The van der Waals surface area contributed by atoms with Crippen molar-refractivity contribution in [2.45, 2.75) is 25.3 Å². The fourth-order valence-corrected chi connectivity index (χ4v) is 4.79. The van der Waals surface area contributed by atoms with Crippen molar-refractivity contribution >= 4 is 17.2 Å². The molecule has 2 aromatic carbocycles. The van der Waals surface area contributed by atoms with Gasteiger partial charge in [0.25, 0.3) is 5.91 Å². The molecule has 0 N–H and O–H groups in total. The number of carbonyl (C=O) groups is 1. The van der Waals surface area contributed by atoms with Gasteiger partial charge in [-0.15, -0.1) is 11.3 Å². The van der Waals surface area contributed by atoms with Gasteiger partial charge in [0.15, 0.2) is 11.5 Å². The van der Waals surface area contributed by atoms with Crippen LogP contribution in [0.4, 0.5) is 4.39 Å². The average molecular weight is 424 g/mol. The molecular formula is C23H21FN2O3S. The molecule has 0 saturated carbocycles. The molecule has 2 aliphatic heterocycles. The maximum atomic E-state index is 13.2. The molecule has 7 heteroatoms. The third-order valence-electron chi connectivity index (χ3n) is 5.48. The molecule has 0 spiro atoms. The number of carbonyl (C=O) groups excluding carboxylic acids is 1. The molecule has 0 radical (unpaired) electrons. The van der Waals surface area contributed by atoms with E-state index in [2.05, 4.69) is 4.98 Å². The first kappa shape index (κ1) is 19.1. The highest BCUT2D eigenvalue weighted by atomic mass is 32.1. The number of nitrogens with zero attached hydrogens (tertiary/aromatic N) is 2. The van der Waals surface area contributed by atoms with Crippen LogP contribution < -0.4 is 9.47 Å². The second-order valence-electron chi connectivity index (χ2n) is 7.46. The Morgan fingerprint density at radius 1 is 1.07 bits per heavy atom. The summed E-state index contributed by atoms with van der Waals surface area (Å²) in [5, 5.41) is 2.49. The lowest BCUT2D eigenvalue weighted by molar-refractivity contribution is 0.0730. The summed E-state index contributed by atoms with van der Waals surface area (Å²) in [6, 6.07) is 12.1. The van der Waals surface area contributed by atoms with Crippen molar-refractivity contribution in [2.75, 3.05) is 19.8 Å². The van der Waals surface area contributed by atoms with E-state index in [-0.39, 0.29) is 17.8 Å². The van der Waals surface area contributed by atoms with Gasteiger partial charge in [-0.25, -0.2) is 9.37 Å². The van der Waals surface area contributed by atoms with Crippen molar-refractivity contribution in [1.29, 1.82) is 0 Å². The minimum Gasteiger partial charge on any atom is -0.490 e. The van der Waals surface area contributed by atoms with E-state index in [1.807, 2.05) is 23.1 Å². The summed E-state index contributed by atoms with van der Waals surface area (Å²) >= 11 is 1.40. The van der Waals surface area contributed by atoms with E-state index in [9.17, 15) is 9.18 Å². The number of likely N-dealkylation sites (tertiary alicyclic amines) is 1. The first-order chi connectivity index (χ1) is 14.7. The van der Waals surface area contributed by atoms with Crippen molar-refractivity contribution in [3.8, 4) is 22.1 Å². The van der Waals surface area contributed by atoms with Gasteiger partial charge in [0.05, 0.1) is 19.3 Å². The van der Waals surface area contributed by atoms with Crippen LogP contribution in [0.3, 0.4) is 0 Å². The Morgan fingerprint density at radius 2 is 1.87 bits per heavy atom. The molecule has 3 aromatic rings. The summed E-state index contributed by atoms with van der Waals surface area (Å²) in [5.41, 5.74) is 2.29. The predicted molar refractivity (Wildman–Crippen MR) is 113 cm³/mol. The van der Waals surface area contributed by atoms with Crippen molar-refractivity contribution in [3.05, 3.63) is 64.9 Å². The first-order valence-corrected chi connectivity index (χ1v) is 11.0. The number of aromatic nitrogens is 1. The fraction of sp³-hybridized carbons (Fsp3) is 0.304. The van der Waals surface area contributed by atoms with Gasteiger partial charge in [0, 0.05) is 23.9 Å². The molecule has 0 aliphatic carbocycles. The number of hydrogen-bond acceptors (Lipinski definition) is 5. The van der Waals surface area contributed by atoms with E-state index in [0.29, 0.717) is 30.5 Å². The van der Waals surface area contributed by atoms with E-state index in [1.54, 1.807) is 17.5 Å². The van der Waals surface area contributed by atoms with Crippen LogP contribution in [0.5, 0.6) is 11.5 Å². The third kappa shape index (κ3) is 3.65. The molecule has 2 aliphatic rings. The number of hydrogen-bond donors (Lipinski definition) is 0. The summed E-state index contributed by atoms with van der Waals surface area (Å²) in [6.07, 6.45) is 2.71. The number of amides is 1. The maximum Gasteiger partial charge on any atom is 0.273 e. The molecule has 1 fully saturated rings. The van der Waals surface area contributed by atoms with Gasteiger partial charge in [0.2, 0.25) is 0 Å². The Labute approximate surface area is 178 Å². The number of thiazole rings is 1. The van der Waals surface area contributed by atoms with Gasteiger partial charge in [-0.2, -0.15) is 0 Å². The Hall–Kier alpha value is -2.93. The van der Waals surface area contributed by atoms with Crippen LogP contribution in [0.25, 0.3) is 10.6 Å². The highest BCUT2D eigenvalue weighted by Crippen LogP contribution is 2.38. The molecule has 1 amide bonds. The maximum absolute atomic E-state index is 13.2. The van der Waals surface area contributed by atoms with Crippen LogP contribution in [-0.4, -0.2) is 35.5 Å². The smallest absolute Gasteiger partial charge is 0.273 e. The van der Waals surface area contributed by atoms with Gasteiger partial charge >= 0.3 is 0 Å². The molecule has 30 heavy (non-hydrogen) atoms. The summed E-state index contributed by atoms with van der Waals surface area (Å²) in [5.74, 6) is 1.14. The normalized spacial score (nSPS) is 18.3. The monoisotopic (exact) mass is 424 g/mol. The minimum absolute atomic E-state index is 0.00868. The highest BCUT2D eigenvalue weighted by molar-refractivity contribution is 7.13. The lowest BCUT2D eigenvalue weighted by Crippen LogP contribution is -2.30. The van der Waals surface area contributed by atoms with Gasteiger partial charge in [0.1, 0.15) is 16.5 Å². The summed E-state index contributed by atoms with van der Waals surface area (Å²) in [7, 11) is 0. The van der Waals surface area contributed by atoms with E-state index in [1.165, 1.54) is 23.5 Å². The number of fused-ring (bicyclic) bond motifs is 1. The van der Waals surface area contributed by atoms with Crippen LogP contribution >= 0.6 is 11.3 Å². The third-order valence-corrected chi connectivity index (χ3v) is 6.38. The topological polar surface area (TPSA) is 51.7 Å². The number of benzene rings is 2. The lowest BCUT2D eigenvalue weighted by Gasteiger charge is -2.25. The Balaban J connectivity index is 1.38. The molecule has 1 atom stereocenters. The molecule has 1 aromatic heterocycles. The molecule has 5 rings (SSSR count). The SMILES string of the molecule is O=C(c1csc(-c2ccc(F)cc2)n1)N1CCC[C@@H]1c1ccc2c(c1)OCCCO2. The van der Waals surface area contributed by atoms with Crippen LogP contribution in [0, 0.1) is 5.82 Å². The summed E-state index contributed by atoms with van der Waals surface area (Å²) < 4.78 is 24.7. The summed E-state index contributed by atoms with van der Waals surface area (Å²) in [6.45, 7) is 1.98. The standard InChI is InChI=1S/C23H21FN2O3S/c24-17-7-4-15(5-8-17)22-25-18(14-30-22)23(27)26-10-1-3-19(26)16-6-9-20-21(13-16)29-12-2-11-28-20/h4-9,13-14,19H,1-3,10-12H2/t19-/m1/s1. The average Bonchev–Trinajstić information content (AvgIpc) is 3.39. The molecule has 1 saturated heterocycles. The second-order valence-corrected chi connectivity index (χ2v) is 8.32. The fourth-order valence-electron chi connectivity index (χ4n) is 3.99. The van der Waals surface area contributed by atoms with Gasteiger partial charge in [-0.3, -0.25) is 4.79 Å². The number of rotatable bonds is 3. The Kier molecular flexibility index (Phi) is 5.12. The van der Waals surface area contributed by atoms with E-state index in [0.717, 1.165) is 41.9 Å². The van der Waals surface area contributed by atoms with Crippen LogP contribution in [-0.2, 0) is 0 Å². The van der Waals surface area contributed by atoms with Crippen molar-refractivity contribution in [2.24, 2.45) is 0 Å². The molecule has 0 bridgehead atoms. The van der Waals surface area contributed by atoms with Gasteiger partial charge < -0.3 is 14.4 Å². The second kappa shape index (κ2) is 8.07. The van der Waals surface area contributed by atoms with Crippen molar-refractivity contribution in [3.63, 3.8) is 0 Å². The first-order valence-electron chi connectivity index (χ1n) is 10.1. The highest BCUT2D eigenvalue weighted by Gasteiger charge is 2.32. The molecular weight excluding hydrogens is 403 g/mol. The van der Waals surface area contributed by atoms with Crippen LogP contribution in [0.2, 0.25) is 0 Å². The Bertz CT molecular complexity index is 1070. The predicted octanol–water partition coefficient (Wildman–Crippen LogP) is 5.09. The van der Waals surface area contributed by atoms with E-state index < -0.39 is 0 Å². The minimum atomic E-state index is -0.290. The zero-order valence-corrected chi connectivity index (χ0v) is 17.2.